The van der Waals surface area contributed by atoms with Gasteiger partial charge < -0.3 is 0 Å². The fraction of sp³-hybridized carbons (Fsp3) is 0.100. The Morgan fingerprint density at radius 3 is 2.53 bits per heavy atom. The molecule has 0 unspecified atom stereocenters. The highest BCUT2D eigenvalue weighted by Gasteiger charge is 2.30. The van der Waals surface area contributed by atoms with Crippen LogP contribution in [0.25, 0.3) is 10.1 Å². The molecule has 0 spiro atoms. The Bertz CT molecular complexity index is 548. The number of thiophene rings is 1. The van der Waals surface area contributed by atoms with Crippen LogP contribution in [0.3, 0.4) is 0 Å². The van der Waals surface area contributed by atoms with E-state index in [1.165, 1.54) is 6.07 Å². The van der Waals surface area contributed by atoms with E-state index in [1.807, 2.05) is 6.07 Å². The van der Waals surface area contributed by atoms with Gasteiger partial charge in [0.2, 0.25) is 0 Å². The van der Waals surface area contributed by atoms with Gasteiger partial charge in [-0.05, 0) is 23.6 Å². The van der Waals surface area contributed by atoms with Gasteiger partial charge in [-0.1, -0.05) is 6.07 Å². The lowest BCUT2D eigenvalue weighted by Gasteiger charge is -2.05. The number of benzene rings is 1. The molecule has 15 heavy (non-hydrogen) atoms. The Morgan fingerprint density at radius 1 is 1.20 bits per heavy atom. The van der Waals surface area contributed by atoms with Crippen molar-refractivity contribution in [2.45, 2.75) is 6.18 Å². The van der Waals surface area contributed by atoms with Crippen LogP contribution in [0.15, 0.2) is 24.3 Å². The third-order valence-electron chi connectivity index (χ3n) is 1.96. The molecule has 1 heterocycles. The molecular formula is C10H4F3NS. The maximum Gasteiger partial charge on any atom is 0.416 e. The molecule has 0 saturated carbocycles. The molecule has 0 N–H and O–H groups in total. The fourth-order valence-corrected chi connectivity index (χ4v) is 2.16. The summed E-state index contributed by atoms with van der Waals surface area (Å²) in [4.78, 5) is 0.421. The van der Waals surface area contributed by atoms with Crippen molar-refractivity contribution in [3.63, 3.8) is 0 Å². The third kappa shape index (κ3) is 1.81. The molecule has 0 bridgehead atoms. The highest BCUT2D eigenvalue weighted by atomic mass is 32.1. The zero-order chi connectivity index (χ0) is 11.1. The fourth-order valence-electron chi connectivity index (χ4n) is 1.26. The van der Waals surface area contributed by atoms with Crippen LogP contribution in [-0.2, 0) is 6.18 Å². The number of alkyl halides is 3. The van der Waals surface area contributed by atoms with Crippen LogP contribution in [-0.4, -0.2) is 0 Å². The Kier molecular flexibility index (Phi) is 2.16. The van der Waals surface area contributed by atoms with Crippen molar-refractivity contribution in [3.05, 3.63) is 34.7 Å². The average molecular weight is 227 g/mol. The first kappa shape index (κ1) is 9.99. The van der Waals surface area contributed by atoms with Gasteiger partial charge in [-0.15, -0.1) is 11.3 Å². The van der Waals surface area contributed by atoms with Gasteiger partial charge in [0.1, 0.15) is 10.9 Å². The number of hydrogen-bond acceptors (Lipinski definition) is 2. The molecule has 1 aromatic carbocycles. The molecule has 0 radical (unpaired) electrons. The second-order valence-corrected chi connectivity index (χ2v) is 4.06. The molecule has 0 atom stereocenters. The largest absolute Gasteiger partial charge is 0.416 e. The number of halogens is 3. The molecule has 1 aromatic heterocycles. The van der Waals surface area contributed by atoms with E-state index in [2.05, 4.69) is 0 Å². The standard InChI is InChI=1S/C10H4F3NS/c11-10(12,13)7-2-1-6-3-8(5-14)15-9(6)4-7/h1-4H. The van der Waals surface area contributed by atoms with Crippen LogP contribution in [0.4, 0.5) is 13.2 Å². The topological polar surface area (TPSA) is 23.8 Å². The summed E-state index contributed by atoms with van der Waals surface area (Å²) >= 11 is 1.07. The van der Waals surface area contributed by atoms with E-state index in [0.29, 0.717) is 15.0 Å². The Balaban J connectivity index is 2.62. The van der Waals surface area contributed by atoms with Crippen molar-refractivity contribution < 1.29 is 13.2 Å². The Labute approximate surface area is 87.4 Å². The molecule has 2 aromatic rings. The van der Waals surface area contributed by atoms with Crippen molar-refractivity contribution in [1.82, 2.24) is 0 Å². The molecule has 76 valence electrons. The molecule has 1 nitrogen and oxygen atoms in total. The van der Waals surface area contributed by atoms with Crippen molar-refractivity contribution in [2.24, 2.45) is 0 Å². The Morgan fingerprint density at radius 2 is 1.93 bits per heavy atom. The van der Waals surface area contributed by atoms with Crippen LogP contribution >= 0.6 is 11.3 Å². The minimum absolute atomic E-state index is 0.421. The molecular weight excluding hydrogens is 223 g/mol. The lowest BCUT2D eigenvalue weighted by atomic mass is 10.2. The van der Waals surface area contributed by atoms with E-state index in [-0.39, 0.29) is 0 Å². The smallest absolute Gasteiger partial charge is 0.192 e. The van der Waals surface area contributed by atoms with E-state index >= 15 is 0 Å². The zero-order valence-electron chi connectivity index (χ0n) is 7.30. The first-order valence-corrected chi connectivity index (χ1v) is 4.83. The van der Waals surface area contributed by atoms with Crippen LogP contribution in [0, 0.1) is 11.3 Å². The third-order valence-corrected chi connectivity index (χ3v) is 2.96. The highest BCUT2D eigenvalue weighted by molar-refractivity contribution is 7.19. The summed E-state index contributed by atoms with van der Waals surface area (Å²) < 4.78 is 37.5. The summed E-state index contributed by atoms with van der Waals surface area (Å²) in [6.07, 6.45) is -4.33. The van der Waals surface area contributed by atoms with Crippen molar-refractivity contribution in [3.8, 4) is 6.07 Å². The number of nitriles is 1. The maximum absolute atomic E-state index is 12.3. The SMILES string of the molecule is N#Cc1cc2ccc(C(F)(F)F)cc2s1. The normalized spacial score (nSPS) is 11.6. The summed E-state index contributed by atoms with van der Waals surface area (Å²) in [6, 6.07) is 6.97. The number of hydrogen-bond donors (Lipinski definition) is 0. The minimum Gasteiger partial charge on any atom is -0.192 e. The van der Waals surface area contributed by atoms with Gasteiger partial charge in [0.25, 0.3) is 0 Å². The lowest BCUT2D eigenvalue weighted by molar-refractivity contribution is -0.137. The van der Waals surface area contributed by atoms with E-state index in [9.17, 15) is 13.2 Å². The summed E-state index contributed by atoms with van der Waals surface area (Å²) in [5.41, 5.74) is -0.679. The van der Waals surface area contributed by atoms with Crippen molar-refractivity contribution in [2.75, 3.05) is 0 Å². The predicted molar refractivity (Wildman–Crippen MR) is 51.5 cm³/mol. The van der Waals surface area contributed by atoms with Gasteiger partial charge in [-0.2, -0.15) is 18.4 Å². The molecule has 0 saturated heterocycles. The van der Waals surface area contributed by atoms with Gasteiger partial charge in [0.05, 0.1) is 5.56 Å². The Hall–Kier alpha value is -1.54. The van der Waals surface area contributed by atoms with E-state index in [4.69, 9.17) is 5.26 Å². The monoisotopic (exact) mass is 227 g/mol. The summed E-state index contributed by atoms with van der Waals surface area (Å²) in [7, 11) is 0. The first-order chi connectivity index (χ1) is 7.00. The molecule has 0 fully saturated rings. The van der Waals surface area contributed by atoms with Gasteiger partial charge in [-0.3, -0.25) is 0 Å². The van der Waals surface area contributed by atoms with E-state index in [1.54, 1.807) is 6.07 Å². The van der Waals surface area contributed by atoms with Gasteiger partial charge in [0.15, 0.2) is 0 Å². The number of fused-ring (bicyclic) bond motifs is 1. The number of rotatable bonds is 0. The van der Waals surface area contributed by atoms with Gasteiger partial charge >= 0.3 is 6.18 Å². The summed E-state index contributed by atoms with van der Waals surface area (Å²) in [6.45, 7) is 0. The van der Waals surface area contributed by atoms with Crippen LogP contribution in [0.1, 0.15) is 10.4 Å². The molecule has 0 aliphatic heterocycles. The minimum atomic E-state index is -4.33. The molecule has 5 heteroatoms. The lowest BCUT2D eigenvalue weighted by Crippen LogP contribution is -2.03. The van der Waals surface area contributed by atoms with Gasteiger partial charge in [-0.25, -0.2) is 0 Å². The van der Waals surface area contributed by atoms with E-state index in [0.717, 1.165) is 23.5 Å². The summed E-state index contributed by atoms with van der Waals surface area (Å²) in [5, 5.41) is 9.28. The van der Waals surface area contributed by atoms with Crippen molar-refractivity contribution in [1.29, 1.82) is 5.26 Å². The maximum atomic E-state index is 12.3. The highest BCUT2D eigenvalue weighted by Crippen LogP contribution is 2.34. The second kappa shape index (κ2) is 3.24. The number of nitrogens with zero attached hydrogens (tertiary/aromatic N) is 1. The van der Waals surface area contributed by atoms with Crippen LogP contribution in [0.2, 0.25) is 0 Å². The molecule has 2 rings (SSSR count). The van der Waals surface area contributed by atoms with E-state index < -0.39 is 11.7 Å². The molecule has 0 aliphatic rings. The first-order valence-electron chi connectivity index (χ1n) is 4.01. The van der Waals surface area contributed by atoms with Gasteiger partial charge in [0, 0.05) is 4.70 Å². The molecule has 0 aliphatic carbocycles. The zero-order valence-corrected chi connectivity index (χ0v) is 8.12. The molecule has 0 amide bonds. The summed E-state index contributed by atoms with van der Waals surface area (Å²) in [5.74, 6) is 0. The van der Waals surface area contributed by atoms with Crippen LogP contribution in [0.5, 0.6) is 0 Å². The quantitative estimate of drug-likeness (QED) is 0.671. The van der Waals surface area contributed by atoms with Crippen LogP contribution < -0.4 is 0 Å². The second-order valence-electron chi connectivity index (χ2n) is 2.97. The van der Waals surface area contributed by atoms with Crippen molar-refractivity contribution >= 4 is 21.4 Å². The average Bonchev–Trinajstić information content (AvgIpc) is 2.57. The predicted octanol–water partition coefficient (Wildman–Crippen LogP) is 3.79.